The summed E-state index contributed by atoms with van der Waals surface area (Å²) in [5.74, 6) is 0.612. The molecule has 2 aliphatic rings. The molecule has 0 radical (unpaired) electrons. The summed E-state index contributed by atoms with van der Waals surface area (Å²) in [6.07, 6.45) is 1.26. The second-order valence-electron chi connectivity index (χ2n) is 4.64. The van der Waals surface area contributed by atoms with Crippen LogP contribution in [0.5, 0.6) is 0 Å². The Kier molecular flexibility index (Phi) is 2.94. The first kappa shape index (κ1) is 10.8. The van der Waals surface area contributed by atoms with Crippen molar-refractivity contribution in [3.63, 3.8) is 0 Å². The summed E-state index contributed by atoms with van der Waals surface area (Å²) in [5.41, 5.74) is 2.78. The van der Waals surface area contributed by atoms with Gasteiger partial charge in [-0.3, -0.25) is 4.79 Å². The first-order valence-corrected chi connectivity index (χ1v) is 5.46. The number of Topliss-reactive ketones (excluding diaryl/α,β-unsaturated/α-hetero) is 1. The van der Waals surface area contributed by atoms with Gasteiger partial charge in [0.05, 0.1) is 6.61 Å². The van der Waals surface area contributed by atoms with Crippen LogP contribution in [0.25, 0.3) is 0 Å². The van der Waals surface area contributed by atoms with Gasteiger partial charge in [0.2, 0.25) is 6.29 Å². The highest BCUT2D eigenvalue weighted by Crippen LogP contribution is 2.38. The molecule has 0 saturated carbocycles. The summed E-state index contributed by atoms with van der Waals surface area (Å²) >= 11 is 0. The van der Waals surface area contributed by atoms with E-state index in [0.717, 1.165) is 12.8 Å². The van der Waals surface area contributed by atoms with Gasteiger partial charge in [-0.15, -0.1) is 0 Å². The van der Waals surface area contributed by atoms with Crippen LogP contribution in [0.3, 0.4) is 0 Å². The van der Waals surface area contributed by atoms with Crippen molar-refractivity contribution in [2.75, 3.05) is 13.7 Å². The number of carbonyl (C=O) groups is 1. The lowest BCUT2D eigenvalue weighted by Gasteiger charge is -2.38. The molecule has 0 N–H and O–H groups in total. The van der Waals surface area contributed by atoms with E-state index in [0.29, 0.717) is 12.5 Å². The first-order valence-electron chi connectivity index (χ1n) is 5.46. The third-order valence-corrected chi connectivity index (χ3v) is 3.67. The van der Waals surface area contributed by atoms with Crippen molar-refractivity contribution in [3.8, 4) is 0 Å². The summed E-state index contributed by atoms with van der Waals surface area (Å²) in [4.78, 5) is 12.0. The third kappa shape index (κ3) is 1.86. The van der Waals surface area contributed by atoms with Crippen molar-refractivity contribution in [2.24, 2.45) is 11.8 Å². The maximum atomic E-state index is 12.0. The monoisotopic (exact) mass is 210 g/mol. The van der Waals surface area contributed by atoms with Crippen molar-refractivity contribution in [1.29, 1.82) is 0 Å². The number of methoxy groups -OCH3 is 1. The zero-order valence-electron chi connectivity index (χ0n) is 9.58. The van der Waals surface area contributed by atoms with Crippen molar-refractivity contribution >= 4 is 5.78 Å². The van der Waals surface area contributed by atoms with Crippen LogP contribution in [0, 0.1) is 11.8 Å². The van der Waals surface area contributed by atoms with E-state index in [1.807, 2.05) is 0 Å². The molecule has 0 amide bonds. The van der Waals surface area contributed by atoms with Gasteiger partial charge >= 0.3 is 0 Å². The fourth-order valence-electron chi connectivity index (χ4n) is 2.54. The number of ether oxygens (including phenoxy) is 2. The fourth-order valence-corrected chi connectivity index (χ4v) is 2.54. The van der Waals surface area contributed by atoms with Crippen LogP contribution in [0.1, 0.15) is 26.7 Å². The van der Waals surface area contributed by atoms with Crippen LogP contribution in [0.15, 0.2) is 11.1 Å². The number of carbonyl (C=O) groups excluding carboxylic acids is 1. The molecule has 3 atom stereocenters. The van der Waals surface area contributed by atoms with E-state index in [1.54, 1.807) is 0 Å². The van der Waals surface area contributed by atoms with Crippen LogP contribution in [0.2, 0.25) is 0 Å². The molecule has 15 heavy (non-hydrogen) atoms. The van der Waals surface area contributed by atoms with E-state index in [-0.39, 0.29) is 11.7 Å². The molecule has 1 aliphatic heterocycles. The van der Waals surface area contributed by atoms with Crippen LogP contribution in [-0.4, -0.2) is 25.8 Å². The minimum Gasteiger partial charge on any atom is -0.349 e. The largest absolute Gasteiger partial charge is 0.349 e. The van der Waals surface area contributed by atoms with Gasteiger partial charge in [0, 0.05) is 13.0 Å². The molecule has 84 valence electrons. The average molecular weight is 210 g/mol. The zero-order valence-corrected chi connectivity index (χ0v) is 9.58. The second-order valence-corrected chi connectivity index (χ2v) is 4.64. The molecule has 1 fully saturated rings. The average Bonchev–Trinajstić information content (AvgIpc) is 2.22. The molecule has 0 aromatic carbocycles. The van der Waals surface area contributed by atoms with Gasteiger partial charge in [-0.05, 0) is 32.6 Å². The van der Waals surface area contributed by atoms with Crippen molar-refractivity contribution in [2.45, 2.75) is 33.0 Å². The Morgan fingerprint density at radius 3 is 2.60 bits per heavy atom. The second kappa shape index (κ2) is 4.06. The Morgan fingerprint density at radius 2 is 1.93 bits per heavy atom. The van der Waals surface area contributed by atoms with Gasteiger partial charge in [-0.2, -0.15) is 0 Å². The number of fused-ring (bicyclic) bond motifs is 1. The Balaban J connectivity index is 2.17. The molecule has 2 rings (SSSR count). The molecule has 3 nitrogen and oxygen atoms in total. The minimum absolute atomic E-state index is 0.118. The Morgan fingerprint density at radius 1 is 1.27 bits per heavy atom. The molecule has 0 spiro atoms. The lowest BCUT2D eigenvalue weighted by molar-refractivity contribution is -0.187. The smallest absolute Gasteiger partial charge is 0.217 e. The fraction of sp³-hybridized carbons (Fsp3) is 0.750. The van der Waals surface area contributed by atoms with E-state index in [2.05, 4.69) is 13.8 Å². The van der Waals surface area contributed by atoms with Crippen LogP contribution >= 0.6 is 0 Å². The lowest BCUT2D eigenvalue weighted by atomic mass is 9.73. The van der Waals surface area contributed by atoms with E-state index in [1.165, 1.54) is 18.3 Å². The molecule has 3 heteroatoms. The summed E-state index contributed by atoms with van der Waals surface area (Å²) in [5, 5.41) is 0. The van der Waals surface area contributed by atoms with Gasteiger partial charge < -0.3 is 9.47 Å². The van der Waals surface area contributed by atoms with Gasteiger partial charge in [0.15, 0.2) is 5.78 Å². The molecule has 0 bridgehead atoms. The topological polar surface area (TPSA) is 35.5 Å². The summed E-state index contributed by atoms with van der Waals surface area (Å²) < 4.78 is 10.4. The summed E-state index contributed by atoms with van der Waals surface area (Å²) in [6, 6.07) is 0. The van der Waals surface area contributed by atoms with Crippen LogP contribution in [0.4, 0.5) is 0 Å². The van der Waals surface area contributed by atoms with Gasteiger partial charge in [-0.1, -0.05) is 11.1 Å². The number of ketones is 1. The maximum Gasteiger partial charge on any atom is 0.217 e. The van der Waals surface area contributed by atoms with E-state index >= 15 is 0 Å². The molecule has 0 aromatic heterocycles. The molecule has 0 aromatic rings. The van der Waals surface area contributed by atoms with E-state index in [4.69, 9.17) is 9.47 Å². The van der Waals surface area contributed by atoms with Gasteiger partial charge in [0.25, 0.3) is 0 Å². The highest BCUT2D eigenvalue weighted by Gasteiger charge is 2.41. The third-order valence-electron chi connectivity index (χ3n) is 3.67. The Labute approximate surface area is 90.4 Å². The van der Waals surface area contributed by atoms with E-state index < -0.39 is 6.29 Å². The van der Waals surface area contributed by atoms with E-state index in [9.17, 15) is 4.79 Å². The quantitative estimate of drug-likeness (QED) is 0.620. The predicted molar refractivity (Wildman–Crippen MR) is 56.3 cm³/mol. The first-order chi connectivity index (χ1) is 7.13. The number of hydrogen-bond donors (Lipinski definition) is 0. The Bertz CT molecular complexity index is 306. The molecular formula is C12H18O3. The molecule has 1 aliphatic carbocycles. The van der Waals surface area contributed by atoms with Crippen molar-refractivity contribution in [1.82, 2.24) is 0 Å². The van der Waals surface area contributed by atoms with Crippen molar-refractivity contribution in [3.05, 3.63) is 11.1 Å². The van der Waals surface area contributed by atoms with Gasteiger partial charge in [0.1, 0.15) is 0 Å². The molecule has 0 unspecified atom stereocenters. The number of allylic oxidation sites excluding steroid dienone is 2. The van der Waals surface area contributed by atoms with Crippen molar-refractivity contribution < 1.29 is 14.3 Å². The predicted octanol–water partition coefficient (Wildman–Crippen LogP) is 1.92. The Hall–Kier alpha value is -0.670. The normalized spacial score (nSPS) is 36.7. The minimum atomic E-state index is -0.627. The van der Waals surface area contributed by atoms with Crippen LogP contribution < -0.4 is 0 Å². The number of rotatable bonds is 1. The van der Waals surface area contributed by atoms with Crippen LogP contribution in [-0.2, 0) is 14.3 Å². The zero-order chi connectivity index (χ0) is 11.0. The molecule has 1 saturated heterocycles. The maximum absolute atomic E-state index is 12.0. The molecule has 1 heterocycles. The van der Waals surface area contributed by atoms with Gasteiger partial charge in [-0.25, -0.2) is 0 Å². The SMILES string of the molecule is CO[C@@H]1OC[C@H]2CC(C)=C(C)C[C@H]2C1=O. The highest BCUT2D eigenvalue weighted by molar-refractivity contribution is 5.85. The summed E-state index contributed by atoms with van der Waals surface area (Å²) in [7, 11) is 1.53. The standard InChI is InChI=1S/C12H18O3/c1-7-4-9-6-15-12(14-3)11(13)10(9)5-8(7)2/h9-10,12H,4-6H2,1-3H3/t9-,10-,12-/m1/s1. The highest BCUT2D eigenvalue weighted by atomic mass is 16.7. The lowest BCUT2D eigenvalue weighted by Crippen LogP contribution is -2.45. The molecular weight excluding hydrogens is 192 g/mol. The summed E-state index contributed by atoms with van der Waals surface area (Å²) in [6.45, 7) is 4.92. The number of hydrogen-bond acceptors (Lipinski definition) is 3.